The standard InChI is InChI=1S/C17H20N4O/c1-14(22)19-15-2-4-16(5-3-15)20-10-12-21(13-11-20)17-6-8-18-9-7-17/h2-9H,10-13H2,1H3,(H,19,22). The highest BCUT2D eigenvalue weighted by Crippen LogP contribution is 2.21. The first-order chi connectivity index (χ1) is 10.7. The van der Waals surface area contributed by atoms with Crippen molar-refractivity contribution < 1.29 is 4.79 Å². The lowest BCUT2D eigenvalue weighted by molar-refractivity contribution is -0.114. The van der Waals surface area contributed by atoms with E-state index >= 15 is 0 Å². The topological polar surface area (TPSA) is 48.5 Å². The Morgan fingerprint density at radius 1 is 0.909 bits per heavy atom. The highest BCUT2D eigenvalue weighted by Gasteiger charge is 2.17. The number of amides is 1. The molecule has 1 aromatic carbocycles. The quantitative estimate of drug-likeness (QED) is 0.944. The van der Waals surface area contributed by atoms with Crippen molar-refractivity contribution in [2.24, 2.45) is 0 Å². The van der Waals surface area contributed by atoms with E-state index in [1.165, 1.54) is 18.3 Å². The van der Waals surface area contributed by atoms with Crippen molar-refractivity contribution in [3.8, 4) is 0 Å². The van der Waals surface area contributed by atoms with Gasteiger partial charge in [0.25, 0.3) is 0 Å². The van der Waals surface area contributed by atoms with Crippen LogP contribution in [0, 0.1) is 0 Å². The van der Waals surface area contributed by atoms with Crippen LogP contribution in [-0.2, 0) is 4.79 Å². The monoisotopic (exact) mass is 296 g/mol. The third-order valence-electron chi connectivity index (χ3n) is 3.86. The number of hydrogen-bond acceptors (Lipinski definition) is 4. The predicted molar refractivity (Wildman–Crippen MR) is 89.4 cm³/mol. The fourth-order valence-electron chi connectivity index (χ4n) is 2.74. The van der Waals surface area contributed by atoms with Gasteiger partial charge in [-0.15, -0.1) is 0 Å². The summed E-state index contributed by atoms with van der Waals surface area (Å²) >= 11 is 0. The molecular formula is C17H20N4O. The molecule has 5 nitrogen and oxygen atoms in total. The molecule has 0 bridgehead atoms. The Balaban J connectivity index is 1.60. The molecule has 0 atom stereocenters. The zero-order chi connectivity index (χ0) is 15.4. The predicted octanol–water partition coefficient (Wildman–Crippen LogP) is 2.37. The fourth-order valence-corrected chi connectivity index (χ4v) is 2.74. The second-order valence-electron chi connectivity index (χ2n) is 5.41. The normalized spacial score (nSPS) is 14.8. The van der Waals surface area contributed by atoms with Crippen LogP contribution < -0.4 is 15.1 Å². The smallest absolute Gasteiger partial charge is 0.221 e. The summed E-state index contributed by atoms with van der Waals surface area (Å²) in [6, 6.07) is 12.1. The molecule has 1 amide bonds. The summed E-state index contributed by atoms with van der Waals surface area (Å²) in [5.74, 6) is -0.0429. The van der Waals surface area contributed by atoms with E-state index in [9.17, 15) is 4.79 Å². The summed E-state index contributed by atoms with van der Waals surface area (Å²) in [6.45, 7) is 5.49. The zero-order valence-electron chi connectivity index (χ0n) is 12.7. The molecule has 0 spiro atoms. The van der Waals surface area contributed by atoms with Gasteiger partial charge in [-0.1, -0.05) is 0 Å². The molecular weight excluding hydrogens is 276 g/mol. The first-order valence-corrected chi connectivity index (χ1v) is 7.50. The van der Waals surface area contributed by atoms with Crippen LogP contribution in [0.3, 0.4) is 0 Å². The minimum absolute atomic E-state index is 0.0429. The number of hydrogen-bond donors (Lipinski definition) is 1. The molecule has 1 aromatic heterocycles. The lowest BCUT2D eigenvalue weighted by atomic mass is 10.2. The van der Waals surface area contributed by atoms with E-state index < -0.39 is 0 Å². The van der Waals surface area contributed by atoms with E-state index in [-0.39, 0.29) is 5.91 Å². The molecule has 0 unspecified atom stereocenters. The molecule has 22 heavy (non-hydrogen) atoms. The number of nitrogens with zero attached hydrogens (tertiary/aromatic N) is 3. The number of anilines is 3. The second-order valence-corrected chi connectivity index (χ2v) is 5.41. The Morgan fingerprint density at radius 3 is 1.91 bits per heavy atom. The third kappa shape index (κ3) is 3.36. The number of carbonyl (C=O) groups is 1. The molecule has 0 aliphatic carbocycles. The van der Waals surface area contributed by atoms with Crippen molar-refractivity contribution in [3.63, 3.8) is 0 Å². The second kappa shape index (κ2) is 6.47. The summed E-state index contributed by atoms with van der Waals surface area (Å²) in [6.07, 6.45) is 3.67. The number of rotatable bonds is 3. The molecule has 1 aliphatic heterocycles. The minimum atomic E-state index is -0.0429. The van der Waals surface area contributed by atoms with Gasteiger partial charge in [-0.3, -0.25) is 9.78 Å². The molecule has 0 saturated carbocycles. The van der Waals surface area contributed by atoms with E-state index in [0.29, 0.717) is 0 Å². The Kier molecular flexibility index (Phi) is 4.23. The number of carbonyl (C=O) groups excluding carboxylic acids is 1. The molecule has 1 saturated heterocycles. The molecule has 0 radical (unpaired) electrons. The molecule has 5 heteroatoms. The lowest BCUT2D eigenvalue weighted by Gasteiger charge is -2.37. The number of pyridine rings is 1. The Hall–Kier alpha value is -2.56. The van der Waals surface area contributed by atoms with Crippen LogP contribution in [0.5, 0.6) is 0 Å². The van der Waals surface area contributed by atoms with Crippen molar-refractivity contribution in [2.75, 3.05) is 41.3 Å². The van der Waals surface area contributed by atoms with E-state index in [1.807, 2.05) is 24.5 Å². The van der Waals surface area contributed by atoms with Gasteiger partial charge in [0.1, 0.15) is 0 Å². The van der Waals surface area contributed by atoms with E-state index in [4.69, 9.17) is 0 Å². The fraction of sp³-hybridized carbons (Fsp3) is 0.294. The summed E-state index contributed by atoms with van der Waals surface area (Å²) in [4.78, 5) is 19.9. The van der Waals surface area contributed by atoms with Crippen LogP contribution in [-0.4, -0.2) is 37.1 Å². The van der Waals surface area contributed by atoms with Gasteiger partial charge in [-0.2, -0.15) is 0 Å². The van der Waals surface area contributed by atoms with Crippen LogP contribution in [0.1, 0.15) is 6.92 Å². The summed E-state index contributed by atoms with van der Waals surface area (Å²) in [5.41, 5.74) is 3.27. The SMILES string of the molecule is CC(=O)Nc1ccc(N2CCN(c3ccncc3)CC2)cc1. The number of benzene rings is 1. The molecule has 114 valence electrons. The van der Waals surface area contributed by atoms with Crippen molar-refractivity contribution in [2.45, 2.75) is 6.92 Å². The van der Waals surface area contributed by atoms with Crippen LogP contribution in [0.2, 0.25) is 0 Å². The highest BCUT2D eigenvalue weighted by molar-refractivity contribution is 5.88. The number of nitrogens with one attached hydrogen (secondary N) is 1. The van der Waals surface area contributed by atoms with Crippen LogP contribution in [0.4, 0.5) is 17.1 Å². The molecule has 3 rings (SSSR count). The largest absolute Gasteiger partial charge is 0.368 e. The van der Waals surface area contributed by atoms with Crippen molar-refractivity contribution in [1.29, 1.82) is 0 Å². The first-order valence-electron chi connectivity index (χ1n) is 7.50. The molecule has 2 heterocycles. The summed E-state index contributed by atoms with van der Waals surface area (Å²) in [7, 11) is 0. The van der Waals surface area contributed by atoms with Crippen LogP contribution in [0.25, 0.3) is 0 Å². The van der Waals surface area contributed by atoms with Gasteiger partial charge in [-0.05, 0) is 36.4 Å². The maximum atomic E-state index is 11.0. The van der Waals surface area contributed by atoms with Gasteiger partial charge in [0, 0.05) is 62.6 Å². The first kappa shape index (κ1) is 14.4. The molecule has 1 aliphatic rings. The third-order valence-corrected chi connectivity index (χ3v) is 3.86. The number of aromatic nitrogens is 1. The Morgan fingerprint density at radius 2 is 1.41 bits per heavy atom. The van der Waals surface area contributed by atoms with Crippen molar-refractivity contribution in [3.05, 3.63) is 48.8 Å². The molecule has 2 aromatic rings. The molecule has 1 fully saturated rings. The van der Waals surface area contributed by atoms with E-state index in [2.05, 4.69) is 44.4 Å². The van der Waals surface area contributed by atoms with Gasteiger partial charge < -0.3 is 15.1 Å². The average molecular weight is 296 g/mol. The number of piperazine rings is 1. The minimum Gasteiger partial charge on any atom is -0.368 e. The summed E-state index contributed by atoms with van der Waals surface area (Å²) in [5, 5.41) is 2.79. The Labute approximate surface area is 130 Å². The van der Waals surface area contributed by atoms with Gasteiger partial charge >= 0.3 is 0 Å². The van der Waals surface area contributed by atoms with Gasteiger partial charge in [0.15, 0.2) is 0 Å². The lowest BCUT2D eigenvalue weighted by Crippen LogP contribution is -2.46. The zero-order valence-corrected chi connectivity index (χ0v) is 12.7. The van der Waals surface area contributed by atoms with Gasteiger partial charge in [0.2, 0.25) is 5.91 Å². The maximum absolute atomic E-state index is 11.0. The van der Waals surface area contributed by atoms with Crippen molar-refractivity contribution in [1.82, 2.24) is 4.98 Å². The van der Waals surface area contributed by atoms with E-state index in [0.717, 1.165) is 31.9 Å². The highest BCUT2D eigenvalue weighted by atomic mass is 16.1. The van der Waals surface area contributed by atoms with E-state index in [1.54, 1.807) is 0 Å². The van der Waals surface area contributed by atoms with Crippen molar-refractivity contribution >= 4 is 23.0 Å². The van der Waals surface area contributed by atoms with Gasteiger partial charge in [-0.25, -0.2) is 0 Å². The van der Waals surface area contributed by atoms with Crippen LogP contribution in [0.15, 0.2) is 48.8 Å². The Bertz CT molecular complexity index is 619. The van der Waals surface area contributed by atoms with Crippen LogP contribution >= 0.6 is 0 Å². The van der Waals surface area contributed by atoms with Gasteiger partial charge in [0.05, 0.1) is 0 Å². The molecule has 1 N–H and O–H groups in total. The maximum Gasteiger partial charge on any atom is 0.221 e. The average Bonchev–Trinajstić information content (AvgIpc) is 2.56. The summed E-state index contributed by atoms with van der Waals surface area (Å²) < 4.78 is 0.